The highest BCUT2D eigenvalue weighted by Gasteiger charge is 2.18. The standard InChI is InChI=1S/C21H33N5O/c1-9-16(10-2)27-21-20(22-8)26-18(15(7)25-21)17-11-13(5)19(23-12(3)4)24-14(17)6/h11-12,16H,9-10H2,1-8H3,(H,22,26)(H,23,24). The van der Waals surface area contributed by atoms with Gasteiger partial charge in [-0.05, 0) is 59.1 Å². The van der Waals surface area contributed by atoms with E-state index >= 15 is 0 Å². The lowest BCUT2D eigenvalue weighted by Crippen LogP contribution is -2.17. The maximum absolute atomic E-state index is 6.06. The molecule has 0 bridgehead atoms. The monoisotopic (exact) mass is 371 g/mol. The van der Waals surface area contributed by atoms with Crippen LogP contribution in [0.3, 0.4) is 0 Å². The van der Waals surface area contributed by atoms with Gasteiger partial charge in [-0.25, -0.2) is 15.0 Å². The first-order chi connectivity index (χ1) is 12.8. The van der Waals surface area contributed by atoms with Crippen LogP contribution in [0.5, 0.6) is 5.88 Å². The smallest absolute Gasteiger partial charge is 0.257 e. The molecule has 0 radical (unpaired) electrons. The minimum atomic E-state index is 0.142. The normalized spacial score (nSPS) is 11.2. The Morgan fingerprint density at radius 2 is 1.63 bits per heavy atom. The van der Waals surface area contributed by atoms with Gasteiger partial charge in [0.2, 0.25) is 0 Å². The van der Waals surface area contributed by atoms with E-state index in [1.165, 1.54) is 0 Å². The lowest BCUT2D eigenvalue weighted by Gasteiger charge is -2.19. The lowest BCUT2D eigenvalue weighted by atomic mass is 10.1. The van der Waals surface area contributed by atoms with E-state index in [-0.39, 0.29) is 6.10 Å². The quantitative estimate of drug-likeness (QED) is 0.688. The fourth-order valence-corrected chi connectivity index (χ4v) is 2.98. The Labute approximate surface area is 163 Å². The van der Waals surface area contributed by atoms with Gasteiger partial charge in [-0.3, -0.25) is 0 Å². The van der Waals surface area contributed by atoms with Crippen molar-refractivity contribution in [3.05, 3.63) is 23.0 Å². The summed E-state index contributed by atoms with van der Waals surface area (Å²) in [5.74, 6) is 2.14. The summed E-state index contributed by atoms with van der Waals surface area (Å²) in [6.07, 6.45) is 2.02. The van der Waals surface area contributed by atoms with Crippen LogP contribution in [-0.4, -0.2) is 34.1 Å². The molecule has 2 rings (SSSR count). The van der Waals surface area contributed by atoms with E-state index in [1.807, 2.05) is 20.9 Å². The van der Waals surface area contributed by atoms with Gasteiger partial charge in [0.15, 0.2) is 5.82 Å². The molecule has 0 unspecified atom stereocenters. The van der Waals surface area contributed by atoms with Gasteiger partial charge in [-0.2, -0.15) is 0 Å². The van der Waals surface area contributed by atoms with Crippen LogP contribution in [0.2, 0.25) is 0 Å². The maximum atomic E-state index is 6.06. The molecule has 0 saturated heterocycles. The van der Waals surface area contributed by atoms with Crippen LogP contribution in [0.25, 0.3) is 11.3 Å². The van der Waals surface area contributed by atoms with Crippen LogP contribution in [0.15, 0.2) is 6.07 Å². The summed E-state index contributed by atoms with van der Waals surface area (Å²) >= 11 is 0. The van der Waals surface area contributed by atoms with Crippen molar-refractivity contribution >= 4 is 11.6 Å². The lowest BCUT2D eigenvalue weighted by molar-refractivity contribution is 0.185. The third-order valence-electron chi connectivity index (χ3n) is 4.55. The summed E-state index contributed by atoms with van der Waals surface area (Å²) < 4.78 is 6.06. The molecule has 2 N–H and O–H groups in total. The van der Waals surface area contributed by atoms with Crippen molar-refractivity contribution in [2.45, 2.75) is 73.5 Å². The molecule has 27 heavy (non-hydrogen) atoms. The van der Waals surface area contributed by atoms with Crippen molar-refractivity contribution in [1.82, 2.24) is 15.0 Å². The topological polar surface area (TPSA) is 72.0 Å². The molecule has 0 aliphatic carbocycles. The van der Waals surface area contributed by atoms with E-state index in [4.69, 9.17) is 19.7 Å². The number of hydrogen-bond acceptors (Lipinski definition) is 6. The van der Waals surface area contributed by atoms with Crippen LogP contribution in [0.1, 0.15) is 57.5 Å². The summed E-state index contributed by atoms with van der Waals surface area (Å²) in [7, 11) is 1.84. The van der Waals surface area contributed by atoms with Crippen LogP contribution >= 0.6 is 0 Å². The van der Waals surface area contributed by atoms with E-state index < -0.39 is 0 Å². The molecule has 2 aromatic rings. The second-order valence-corrected chi connectivity index (χ2v) is 7.20. The Balaban J connectivity index is 2.48. The maximum Gasteiger partial charge on any atom is 0.257 e. The highest BCUT2D eigenvalue weighted by Crippen LogP contribution is 2.31. The second-order valence-electron chi connectivity index (χ2n) is 7.20. The van der Waals surface area contributed by atoms with Gasteiger partial charge in [-0.1, -0.05) is 13.8 Å². The largest absolute Gasteiger partial charge is 0.472 e. The zero-order valence-electron chi connectivity index (χ0n) is 17.9. The average molecular weight is 372 g/mol. The van der Waals surface area contributed by atoms with Crippen molar-refractivity contribution in [2.75, 3.05) is 17.7 Å². The van der Waals surface area contributed by atoms with Crippen molar-refractivity contribution < 1.29 is 4.74 Å². The van der Waals surface area contributed by atoms with Gasteiger partial charge in [0.1, 0.15) is 11.9 Å². The Morgan fingerprint density at radius 3 is 2.19 bits per heavy atom. The summed E-state index contributed by atoms with van der Waals surface area (Å²) in [5.41, 5.74) is 4.69. The molecule has 0 aliphatic heterocycles. The number of nitrogens with zero attached hydrogens (tertiary/aromatic N) is 3. The summed E-state index contributed by atoms with van der Waals surface area (Å²) in [5, 5.41) is 6.52. The molecule has 2 aromatic heterocycles. The number of hydrogen-bond donors (Lipinski definition) is 2. The number of rotatable bonds is 8. The van der Waals surface area contributed by atoms with Crippen LogP contribution < -0.4 is 15.4 Å². The summed E-state index contributed by atoms with van der Waals surface area (Å²) in [6, 6.07) is 2.46. The molecule has 148 valence electrons. The molecule has 0 aliphatic rings. The zero-order valence-corrected chi connectivity index (χ0v) is 17.9. The Morgan fingerprint density at radius 1 is 0.963 bits per heavy atom. The Bertz CT molecular complexity index is 785. The van der Waals surface area contributed by atoms with Crippen molar-refractivity contribution in [3.8, 4) is 17.1 Å². The Hall–Kier alpha value is -2.37. The number of nitrogens with one attached hydrogen (secondary N) is 2. The van der Waals surface area contributed by atoms with Gasteiger partial charge in [0.05, 0.1) is 11.4 Å². The van der Waals surface area contributed by atoms with Crippen molar-refractivity contribution in [2.24, 2.45) is 0 Å². The fourth-order valence-electron chi connectivity index (χ4n) is 2.98. The SMILES string of the molecule is CCC(CC)Oc1nc(C)c(-c2cc(C)c(NC(C)C)nc2C)nc1NC. The molecule has 6 heteroatoms. The molecule has 0 spiro atoms. The van der Waals surface area contributed by atoms with Crippen LogP contribution in [0.4, 0.5) is 11.6 Å². The van der Waals surface area contributed by atoms with E-state index in [1.54, 1.807) is 0 Å². The second kappa shape index (κ2) is 9.02. The first-order valence-electron chi connectivity index (χ1n) is 9.78. The molecule has 0 atom stereocenters. The van der Waals surface area contributed by atoms with Gasteiger partial charge < -0.3 is 15.4 Å². The van der Waals surface area contributed by atoms with Crippen LogP contribution in [0, 0.1) is 20.8 Å². The molecule has 0 amide bonds. The average Bonchev–Trinajstić information content (AvgIpc) is 2.62. The highest BCUT2D eigenvalue weighted by atomic mass is 16.5. The molecular formula is C21H33N5O. The van der Waals surface area contributed by atoms with Gasteiger partial charge in [0, 0.05) is 24.3 Å². The third kappa shape index (κ3) is 4.87. The Kier molecular flexibility index (Phi) is 6.99. The summed E-state index contributed by atoms with van der Waals surface area (Å²) in [6.45, 7) is 14.5. The predicted molar refractivity (Wildman–Crippen MR) is 113 cm³/mol. The van der Waals surface area contributed by atoms with Crippen molar-refractivity contribution in [3.63, 3.8) is 0 Å². The molecule has 0 aromatic carbocycles. The number of ether oxygens (including phenoxy) is 1. The molecule has 0 fully saturated rings. The molecule has 0 saturated carbocycles. The van der Waals surface area contributed by atoms with Crippen LogP contribution in [-0.2, 0) is 0 Å². The highest BCUT2D eigenvalue weighted by molar-refractivity contribution is 5.70. The minimum Gasteiger partial charge on any atom is -0.472 e. The molecular weight excluding hydrogens is 338 g/mol. The van der Waals surface area contributed by atoms with Gasteiger partial charge in [0.25, 0.3) is 5.88 Å². The molecule has 2 heterocycles. The van der Waals surface area contributed by atoms with E-state index in [0.29, 0.717) is 17.7 Å². The number of anilines is 2. The fraction of sp³-hybridized carbons (Fsp3) is 0.571. The number of aromatic nitrogens is 3. The first-order valence-corrected chi connectivity index (χ1v) is 9.78. The van der Waals surface area contributed by atoms with E-state index in [0.717, 1.165) is 46.9 Å². The number of aryl methyl sites for hydroxylation is 3. The minimum absolute atomic E-state index is 0.142. The molecule has 6 nitrogen and oxygen atoms in total. The third-order valence-corrected chi connectivity index (χ3v) is 4.55. The van der Waals surface area contributed by atoms with Crippen molar-refractivity contribution in [1.29, 1.82) is 0 Å². The first kappa shape index (κ1) is 20.9. The van der Waals surface area contributed by atoms with Gasteiger partial charge >= 0.3 is 0 Å². The van der Waals surface area contributed by atoms with Gasteiger partial charge in [-0.15, -0.1) is 0 Å². The van der Waals surface area contributed by atoms with E-state index in [9.17, 15) is 0 Å². The predicted octanol–water partition coefficient (Wildman–Crippen LogP) is 4.89. The zero-order chi connectivity index (χ0) is 20.1. The number of pyridine rings is 1. The summed E-state index contributed by atoms with van der Waals surface area (Å²) in [4.78, 5) is 14.3. The van der Waals surface area contributed by atoms with E-state index in [2.05, 4.69) is 51.3 Å².